The number of sulfone groups is 2. The Kier molecular flexibility index (Phi) is 5.18. The summed E-state index contributed by atoms with van der Waals surface area (Å²) in [5.74, 6) is -1.13. The molecule has 3 rings (SSSR count). The van der Waals surface area contributed by atoms with Crippen molar-refractivity contribution in [2.45, 2.75) is 29.7 Å². The summed E-state index contributed by atoms with van der Waals surface area (Å²) in [5, 5.41) is 1.84. The average Bonchev–Trinajstić information content (AvgIpc) is 2.90. The molecule has 2 atom stereocenters. The van der Waals surface area contributed by atoms with Gasteiger partial charge in [0.2, 0.25) is 0 Å². The van der Waals surface area contributed by atoms with Crippen LogP contribution in [0.4, 0.5) is 4.39 Å². The van der Waals surface area contributed by atoms with Gasteiger partial charge in [-0.1, -0.05) is 35.9 Å². The van der Waals surface area contributed by atoms with Crippen LogP contribution in [0.15, 0.2) is 53.4 Å². The molecular weight excluding hydrogens is 377 g/mol. The van der Waals surface area contributed by atoms with Crippen LogP contribution in [-0.4, -0.2) is 39.6 Å². The third kappa shape index (κ3) is 3.97. The highest BCUT2D eigenvalue weighted by Crippen LogP contribution is 2.26. The first-order valence-corrected chi connectivity index (χ1v) is 11.5. The van der Waals surface area contributed by atoms with Crippen molar-refractivity contribution >= 4 is 19.7 Å². The lowest BCUT2D eigenvalue weighted by atomic mass is 10.2. The van der Waals surface area contributed by atoms with Gasteiger partial charge in [-0.25, -0.2) is 21.2 Å². The molecule has 2 aromatic carbocycles. The standard InChI is InChI=1S/C18H20FNO4S2/c1-13-6-8-15(9-7-13)26(23,24)18-12-25(21,22)11-17(18)20-10-14-4-2-3-5-16(14)19/h2-9,17-18,20H,10-12H2,1H3/t17-,18-/m1/s1. The van der Waals surface area contributed by atoms with E-state index in [1.165, 1.54) is 18.2 Å². The number of nitrogens with one attached hydrogen (secondary N) is 1. The number of benzene rings is 2. The molecule has 5 nitrogen and oxygen atoms in total. The maximum Gasteiger partial charge on any atom is 0.183 e. The van der Waals surface area contributed by atoms with E-state index in [4.69, 9.17) is 0 Å². The smallest absolute Gasteiger partial charge is 0.183 e. The third-order valence-electron chi connectivity index (χ3n) is 4.56. The summed E-state index contributed by atoms with van der Waals surface area (Å²) < 4.78 is 63.8. The van der Waals surface area contributed by atoms with E-state index in [1.807, 2.05) is 6.92 Å². The van der Waals surface area contributed by atoms with Crippen LogP contribution in [0, 0.1) is 12.7 Å². The van der Waals surface area contributed by atoms with E-state index in [2.05, 4.69) is 5.32 Å². The maximum absolute atomic E-state index is 13.8. The summed E-state index contributed by atoms with van der Waals surface area (Å²) in [5.41, 5.74) is 1.28. The Bertz CT molecular complexity index is 1000. The van der Waals surface area contributed by atoms with Gasteiger partial charge in [0.05, 0.1) is 21.7 Å². The molecule has 26 heavy (non-hydrogen) atoms. The normalized spacial score (nSPS) is 22.4. The SMILES string of the molecule is Cc1ccc(S(=O)(=O)[C@@H]2CS(=O)(=O)C[C@H]2NCc2ccccc2F)cc1. The highest BCUT2D eigenvalue weighted by molar-refractivity contribution is 7.96. The van der Waals surface area contributed by atoms with Crippen molar-refractivity contribution in [2.75, 3.05) is 11.5 Å². The molecule has 0 saturated carbocycles. The first-order chi connectivity index (χ1) is 12.2. The lowest BCUT2D eigenvalue weighted by Crippen LogP contribution is -2.43. The van der Waals surface area contributed by atoms with Crippen molar-refractivity contribution < 1.29 is 21.2 Å². The molecule has 0 amide bonds. The fourth-order valence-electron chi connectivity index (χ4n) is 3.10. The van der Waals surface area contributed by atoms with Gasteiger partial charge in [0.25, 0.3) is 0 Å². The monoisotopic (exact) mass is 397 g/mol. The second-order valence-electron chi connectivity index (χ2n) is 6.55. The Balaban J connectivity index is 1.86. The van der Waals surface area contributed by atoms with Gasteiger partial charge in [0.15, 0.2) is 19.7 Å². The van der Waals surface area contributed by atoms with Gasteiger partial charge in [-0.15, -0.1) is 0 Å². The highest BCUT2D eigenvalue weighted by Gasteiger charge is 2.45. The van der Waals surface area contributed by atoms with Crippen molar-refractivity contribution in [3.8, 4) is 0 Å². The topological polar surface area (TPSA) is 80.3 Å². The molecule has 2 aromatic rings. The Labute approximate surface area is 153 Å². The molecule has 140 valence electrons. The van der Waals surface area contributed by atoms with E-state index < -0.39 is 42.5 Å². The van der Waals surface area contributed by atoms with Crippen molar-refractivity contribution in [3.05, 3.63) is 65.5 Å². The van der Waals surface area contributed by atoms with Gasteiger partial charge in [-0.05, 0) is 25.1 Å². The fraction of sp³-hybridized carbons (Fsp3) is 0.333. The summed E-state index contributed by atoms with van der Waals surface area (Å²) in [7, 11) is -7.32. The van der Waals surface area contributed by atoms with Crippen LogP contribution >= 0.6 is 0 Å². The minimum absolute atomic E-state index is 0.0623. The van der Waals surface area contributed by atoms with Crippen LogP contribution in [0.25, 0.3) is 0 Å². The molecule has 0 spiro atoms. The molecule has 1 fully saturated rings. The summed E-state index contributed by atoms with van der Waals surface area (Å²) in [6.45, 7) is 1.90. The van der Waals surface area contributed by atoms with Crippen LogP contribution in [0.3, 0.4) is 0 Å². The van der Waals surface area contributed by atoms with Crippen LogP contribution in [0.5, 0.6) is 0 Å². The predicted octanol–water partition coefficient (Wildman–Crippen LogP) is 1.86. The number of rotatable bonds is 5. The predicted molar refractivity (Wildman–Crippen MR) is 97.8 cm³/mol. The zero-order valence-electron chi connectivity index (χ0n) is 14.2. The van der Waals surface area contributed by atoms with Crippen LogP contribution in [0.2, 0.25) is 0 Å². The van der Waals surface area contributed by atoms with E-state index in [0.29, 0.717) is 5.56 Å². The highest BCUT2D eigenvalue weighted by atomic mass is 32.2. The molecule has 1 aliphatic heterocycles. The second kappa shape index (κ2) is 7.09. The summed E-state index contributed by atoms with van der Waals surface area (Å²) in [4.78, 5) is 0.0999. The van der Waals surface area contributed by atoms with E-state index in [0.717, 1.165) is 5.56 Å². The van der Waals surface area contributed by atoms with Crippen LogP contribution < -0.4 is 5.32 Å². The lowest BCUT2D eigenvalue weighted by Gasteiger charge is -2.20. The number of hydrogen-bond donors (Lipinski definition) is 1. The molecule has 0 radical (unpaired) electrons. The number of hydrogen-bond acceptors (Lipinski definition) is 5. The summed E-state index contributed by atoms with van der Waals surface area (Å²) in [6.07, 6.45) is 0. The molecule has 0 aromatic heterocycles. The average molecular weight is 397 g/mol. The molecule has 0 bridgehead atoms. The zero-order chi connectivity index (χ0) is 18.9. The molecule has 1 saturated heterocycles. The molecule has 8 heteroatoms. The first-order valence-electron chi connectivity index (χ1n) is 8.17. The number of aryl methyl sites for hydroxylation is 1. The Hall–Kier alpha value is -1.77. The summed E-state index contributed by atoms with van der Waals surface area (Å²) >= 11 is 0. The van der Waals surface area contributed by atoms with Crippen molar-refractivity contribution in [1.82, 2.24) is 5.32 Å². The van der Waals surface area contributed by atoms with Crippen LogP contribution in [-0.2, 0) is 26.2 Å². The van der Waals surface area contributed by atoms with Gasteiger partial charge < -0.3 is 5.32 Å². The van der Waals surface area contributed by atoms with Gasteiger partial charge in [0.1, 0.15) is 5.82 Å². The van der Waals surface area contributed by atoms with Gasteiger partial charge in [0, 0.05) is 18.2 Å². The Morgan fingerprint density at radius 1 is 1.08 bits per heavy atom. The van der Waals surface area contributed by atoms with Crippen molar-refractivity contribution in [3.63, 3.8) is 0 Å². The largest absolute Gasteiger partial charge is 0.307 e. The number of halogens is 1. The van der Waals surface area contributed by atoms with Gasteiger partial charge in [-0.3, -0.25) is 0 Å². The van der Waals surface area contributed by atoms with E-state index in [-0.39, 0.29) is 17.2 Å². The van der Waals surface area contributed by atoms with E-state index in [9.17, 15) is 21.2 Å². The first kappa shape index (κ1) is 19.0. The molecule has 0 aliphatic carbocycles. The van der Waals surface area contributed by atoms with E-state index in [1.54, 1.807) is 30.3 Å². The van der Waals surface area contributed by atoms with Crippen molar-refractivity contribution in [1.29, 1.82) is 0 Å². The molecule has 1 heterocycles. The molecule has 1 aliphatic rings. The molecular formula is C18H20FNO4S2. The minimum atomic E-state index is -3.83. The Morgan fingerprint density at radius 3 is 2.38 bits per heavy atom. The second-order valence-corrected chi connectivity index (χ2v) is 10.9. The zero-order valence-corrected chi connectivity index (χ0v) is 15.9. The lowest BCUT2D eigenvalue weighted by molar-refractivity contribution is 0.515. The maximum atomic E-state index is 13.8. The van der Waals surface area contributed by atoms with Gasteiger partial charge >= 0.3 is 0 Å². The van der Waals surface area contributed by atoms with Crippen molar-refractivity contribution in [2.24, 2.45) is 0 Å². The quantitative estimate of drug-likeness (QED) is 0.833. The van der Waals surface area contributed by atoms with E-state index >= 15 is 0 Å². The molecule has 1 N–H and O–H groups in total. The minimum Gasteiger partial charge on any atom is -0.307 e. The summed E-state index contributed by atoms with van der Waals surface area (Å²) in [6, 6.07) is 11.7. The third-order valence-corrected chi connectivity index (χ3v) is 8.73. The van der Waals surface area contributed by atoms with Crippen LogP contribution in [0.1, 0.15) is 11.1 Å². The fourth-order valence-corrected chi connectivity index (χ4v) is 7.81. The van der Waals surface area contributed by atoms with Gasteiger partial charge in [-0.2, -0.15) is 0 Å². The Morgan fingerprint density at radius 2 is 1.73 bits per heavy atom. The molecule has 0 unspecified atom stereocenters.